The molecule has 0 amide bonds. The van der Waals surface area contributed by atoms with E-state index in [4.69, 9.17) is 0 Å². The van der Waals surface area contributed by atoms with Crippen LogP contribution in [0.25, 0.3) is 0 Å². The maximum absolute atomic E-state index is 13.8. The zero-order valence-electron chi connectivity index (χ0n) is 14.1. The van der Waals surface area contributed by atoms with Gasteiger partial charge in [-0.1, -0.05) is 25.1 Å². The molecule has 1 aromatic heterocycles. The van der Waals surface area contributed by atoms with E-state index in [0.717, 1.165) is 42.3 Å². The summed E-state index contributed by atoms with van der Waals surface area (Å²) in [6.45, 7) is 2.93. The lowest BCUT2D eigenvalue weighted by Gasteiger charge is -2.11. The van der Waals surface area contributed by atoms with Gasteiger partial charge in [-0.25, -0.2) is 9.37 Å². The molecule has 0 aliphatic heterocycles. The standard InChI is InChI=1S/C18H23FN4S/c1-3-12-11-22-17(24-12)8-9-21-18(20-2)23-16-10-14(16)13-6-4-5-7-15(13)19/h4-7,11,14,16H,3,8-10H2,1-2H3,(H2,20,21,23). The summed E-state index contributed by atoms with van der Waals surface area (Å²) in [5, 5.41) is 7.83. The maximum Gasteiger partial charge on any atom is 0.191 e. The molecule has 1 aliphatic rings. The van der Waals surface area contributed by atoms with Crippen LogP contribution in [0.4, 0.5) is 4.39 Å². The van der Waals surface area contributed by atoms with Gasteiger partial charge < -0.3 is 10.6 Å². The van der Waals surface area contributed by atoms with Gasteiger partial charge in [0, 0.05) is 43.0 Å². The molecule has 6 heteroatoms. The van der Waals surface area contributed by atoms with E-state index in [0.29, 0.717) is 0 Å². The molecule has 1 heterocycles. The Morgan fingerprint density at radius 2 is 2.25 bits per heavy atom. The highest BCUT2D eigenvalue weighted by Gasteiger charge is 2.40. The van der Waals surface area contributed by atoms with E-state index in [1.807, 2.05) is 18.3 Å². The number of thiazole rings is 1. The summed E-state index contributed by atoms with van der Waals surface area (Å²) in [5.41, 5.74) is 0.792. The molecule has 1 aliphatic carbocycles. The second kappa shape index (κ2) is 7.75. The number of nitrogens with zero attached hydrogens (tertiary/aromatic N) is 2. The van der Waals surface area contributed by atoms with Crippen LogP contribution in [-0.4, -0.2) is 30.6 Å². The van der Waals surface area contributed by atoms with Gasteiger partial charge in [-0.05, 0) is 24.5 Å². The predicted octanol–water partition coefficient (Wildman–Crippen LogP) is 3.11. The molecule has 24 heavy (non-hydrogen) atoms. The highest BCUT2D eigenvalue weighted by molar-refractivity contribution is 7.11. The molecule has 3 rings (SSSR count). The largest absolute Gasteiger partial charge is 0.356 e. The monoisotopic (exact) mass is 346 g/mol. The molecule has 4 nitrogen and oxygen atoms in total. The molecule has 1 fully saturated rings. The molecule has 2 atom stereocenters. The van der Waals surface area contributed by atoms with E-state index in [1.165, 1.54) is 10.9 Å². The average Bonchev–Trinajstić information content (AvgIpc) is 3.20. The summed E-state index contributed by atoms with van der Waals surface area (Å²) in [5.74, 6) is 0.882. The topological polar surface area (TPSA) is 49.3 Å². The van der Waals surface area contributed by atoms with Gasteiger partial charge in [0.15, 0.2) is 5.96 Å². The Balaban J connectivity index is 1.45. The van der Waals surface area contributed by atoms with Crippen molar-refractivity contribution < 1.29 is 4.39 Å². The van der Waals surface area contributed by atoms with Gasteiger partial charge in [0.25, 0.3) is 0 Å². The van der Waals surface area contributed by atoms with Crippen molar-refractivity contribution >= 4 is 17.3 Å². The molecule has 2 N–H and O–H groups in total. The summed E-state index contributed by atoms with van der Waals surface area (Å²) in [6, 6.07) is 7.26. The van der Waals surface area contributed by atoms with E-state index in [1.54, 1.807) is 24.5 Å². The lowest BCUT2D eigenvalue weighted by Crippen LogP contribution is -2.39. The Kier molecular flexibility index (Phi) is 5.45. The van der Waals surface area contributed by atoms with Crippen LogP contribution in [0, 0.1) is 5.82 Å². The van der Waals surface area contributed by atoms with Crippen LogP contribution in [0.5, 0.6) is 0 Å². The molecule has 2 aromatic rings. The van der Waals surface area contributed by atoms with Crippen LogP contribution in [-0.2, 0) is 12.8 Å². The van der Waals surface area contributed by atoms with Gasteiger partial charge in [-0.2, -0.15) is 0 Å². The number of aromatic nitrogens is 1. The van der Waals surface area contributed by atoms with E-state index < -0.39 is 0 Å². The second-order valence-corrected chi connectivity index (χ2v) is 7.14. The van der Waals surface area contributed by atoms with Gasteiger partial charge in [-0.3, -0.25) is 4.99 Å². The number of guanidine groups is 1. The molecule has 0 saturated heterocycles. The van der Waals surface area contributed by atoms with Crippen LogP contribution >= 0.6 is 11.3 Å². The molecule has 0 radical (unpaired) electrons. The number of hydrogen-bond acceptors (Lipinski definition) is 3. The Morgan fingerprint density at radius 1 is 1.42 bits per heavy atom. The van der Waals surface area contributed by atoms with E-state index in [-0.39, 0.29) is 17.8 Å². The zero-order chi connectivity index (χ0) is 16.9. The lowest BCUT2D eigenvalue weighted by atomic mass is 10.1. The first-order valence-electron chi connectivity index (χ1n) is 8.36. The highest BCUT2D eigenvalue weighted by Crippen LogP contribution is 2.41. The third kappa shape index (κ3) is 4.12. The van der Waals surface area contributed by atoms with Gasteiger partial charge in [-0.15, -0.1) is 11.3 Å². The lowest BCUT2D eigenvalue weighted by molar-refractivity contribution is 0.607. The van der Waals surface area contributed by atoms with Crippen LogP contribution in [0.15, 0.2) is 35.5 Å². The molecule has 2 unspecified atom stereocenters. The fourth-order valence-corrected chi connectivity index (χ4v) is 3.62. The van der Waals surface area contributed by atoms with Gasteiger partial charge in [0.1, 0.15) is 5.82 Å². The second-order valence-electron chi connectivity index (χ2n) is 5.94. The zero-order valence-corrected chi connectivity index (χ0v) is 14.9. The average molecular weight is 346 g/mol. The molecule has 0 spiro atoms. The summed E-state index contributed by atoms with van der Waals surface area (Å²) >= 11 is 1.76. The summed E-state index contributed by atoms with van der Waals surface area (Å²) in [4.78, 5) is 9.99. The van der Waals surface area contributed by atoms with E-state index in [2.05, 4.69) is 27.5 Å². The third-order valence-corrected chi connectivity index (χ3v) is 5.42. The van der Waals surface area contributed by atoms with Crippen molar-refractivity contribution in [3.05, 3.63) is 51.7 Å². The molecule has 1 aromatic carbocycles. The fraction of sp³-hybridized carbons (Fsp3) is 0.444. The number of halogens is 1. The fourth-order valence-electron chi connectivity index (χ4n) is 2.76. The van der Waals surface area contributed by atoms with Crippen LogP contribution < -0.4 is 10.6 Å². The summed E-state index contributed by atoms with van der Waals surface area (Å²) in [6.07, 6.45) is 4.81. The Morgan fingerprint density at radius 3 is 2.96 bits per heavy atom. The summed E-state index contributed by atoms with van der Waals surface area (Å²) in [7, 11) is 1.76. The number of aryl methyl sites for hydroxylation is 1. The maximum atomic E-state index is 13.8. The number of benzene rings is 1. The first-order chi connectivity index (χ1) is 11.7. The van der Waals surface area contributed by atoms with Crippen LogP contribution in [0.3, 0.4) is 0 Å². The number of nitrogens with one attached hydrogen (secondary N) is 2. The molecular formula is C18H23FN4S. The van der Waals surface area contributed by atoms with Crippen molar-refractivity contribution in [2.45, 2.75) is 38.1 Å². The van der Waals surface area contributed by atoms with Gasteiger partial charge in [0.2, 0.25) is 0 Å². The quantitative estimate of drug-likeness (QED) is 0.624. The minimum Gasteiger partial charge on any atom is -0.356 e. The third-order valence-electron chi connectivity index (χ3n) is 4.22. The van der Waals surface area contributed by atoms with E-state index in [9.17, 15) is 4.39 Å². The van der Waals surface area contributed by atoms with Crippen molar-refractivity contribution in [2.24, 2.45) is 4.99 Å². The Labute approximate surface area is 146 Å². The minimum atomic E-state index is -0.120. The molecule has 128 valence electrons. The molecule has 1 saturated carbocycles. The Bertz CT molecular complexity index is 713. The predicted molar refractivity (Wildman–Crippen MR) is 97.2 cm³/mol. The van der Waals surface area contributed by atoms with Crippen LogP contribution in [0.1, 0.15) is 34.7 Å². The number of hydrogen-bond donors (Lipinski definition) is 2. The van der Waals surface area contributed by atoms with Crippen molar-refractivity contribution in [1.29, 1.82) is 0 Å². The Hall–Kier alpha value is -1.95. The van der Waals surface area contributed by atoms with Crippen molar-refractivity contribution in [1.82, 2.24) is 15.6 Å². The number of rotatable bonds is 6. The van der Waals surface area contributed by atoms with Crippen LogP contribution in [0.2, 0.25) is 0 Å². The highest BCUT2D eigenvalue weighted by atomic mass is 32.1. The smallest absolute Gasteiger partial charge is 0.191 e. The minimum absolute atomic E-state index is 0.120. The first-order valence-corrected chi connectivity index (χ1v) is 9.18. The van der Waals surface area contributed by atoms with Crippen molar-refractivity contribution in [3.63, 3.8) is 0 Å². The van der Waals surface area contributed by atoms with E-state index >= 15 is 0 Å². The molecular weight excluding hydrogens is 323 g/mol. The van der Waals surface area contributed by atoms with Crippen molar-refractivity contribution in [3.8, 4) is 0 Å². The molecule has 0 bridgehead atoms. The number of aliphatic imine (C=N–C) groups is 1. The van der Waals surface area contributed by atoms with Gasteiger partial charge >= 0.3 is 0 Å². The first kappa shape index (κ1) is 16.9. The SMILES string of the molecule is CCc1cnc(CCNC(=NC)NC2CC2c2ccccc2F)s1. The van der Waals surface area contributed by atoms with Gasteiger partial charge in [0.05, 0.1) is 5.01 Å². The normalized spacial score (nSPS) is 20.0. The van der Waals surface area contributed by atoms with Crippen molar-refractivity contribution in [2.75, 3.05) is 13.6 Å². The summed E-state index contributed by atoms with van der Waals surface area (Å²) < 4.78 is 13.8.